The van der Waals surface area contributed by atoms with Crippen LogP contribution < -0.4 is 5.73 Å². The van der Waals surface area contributed by atoms with Gasteiger partial charge in [-0.1, -0.05) is 60.7 Å². The standard InChI is InChI=1S/C22H25N3O/c23-13-7-15-25(14-6-10-18-8-2-1-3-9-18)22(26)16-19-17-24-21-12-5-4-11-20(19)21/h1-6,8-12,17,24H,7,13-16,23H2. The summed E-state index contributed by atoms with van der Waals surface area (Å²) in [6.45, 7) is 1.85. The van der Waals surface area contributed by atoms with Gasteiger partial charge in [0.2, 0.25) is 5.91 Å². The van der Waals surface area contributed by atoms with Crippen LogP contribution in [-0.2, 0) is 11.2 Å². The van der Waals surface area contributed by atoms with E-state index >= 15 is 0 Å². The van der Waals surface area contributed by atoms with Crippen molar-refractivity contribution in [3.05, 3.63) is 78.0 Å². The number of aromatic amines is 1. The number of nitrogens with two attached hydrogens (primary N) is 1. The molecule has 0 spiro atoms. The Morgan fingerprint density at radius 2 is 1.85 bits per heavy atom. The molecule has 1 aromatic heterocycles. The molecule has 4 nitrogen and oxygen atoms in total. The van der Waals surface area contributed by atoms with E-state index in [0.717, 1.165) is 28.5 Å². The number of nitrogens with one attached hydrogen (secondary N) is 1. The van der Waals surface area contributed by atoms with Crippen molar-refractivity contribution in [3.8, 4) is 0 Å². The van der Waals surface area contributed by atoms with Crippen LogP contribution in [0.5, 0.6) is 0 Å². The Morgan fingerprint density at radius 3 is 2.65 bits per heavy atom. The second-order valence-corrected chi connectivity index (χ2v) is 6.33. The molecule has 0 atom stereocenters. The number of rotatable bonds is 8. The van der Waals surface area contributed by atoms with Gasteiger partial charge in [0.05, 0.1) is 6.42 Å². The van der Waals surface area contributed by atoms with Gasteiger partial charge in [0.15, 0.2) is 0 Å². The van der Waals surface area contributed by atoms with Gasteiger partial charge in [-0.25, -0.2) is 0 Å². The van der Waals surface area contributed by atoms with E-state index in [9.17, 15) is 4.79 Å². The normalized spacial score (nSPS) is 11.3. The highest BCUT2D eigenvalue weighted by Crippen LogP contribution is 2.18. The summed E-state index contributed by atoms with van der Waals surface area (Å²) in [5.74, 6) is 0.126. The Kier molecular flexibility index (Phi) is 6.23. The summed E-state index contributed by atoms with van der Waals surface area (Å²) in [5, 5.41) is 1.11. The third-order valence-corrected chi connectivity index (χ3v) is 4.44. The Morgan fingerprint density at radius 1 is 1.08 bits per heavy atom. The van der Waals surface area contributed by atoms with E-state index < -0.39 is 0 Å². The van der Waals surface area contributed by atoms with Crippen LogP contribution in [0.1, 0.15) is 17.5 Å². The molecule has 0 bridgehead atoms. The molecule has 3 N–H and O–H groups in total. The molecule has 0 aliphatic carbocycles. The predicted molar refractivity (Wildman–Crippen MR) is 108 cm³/mol. The first-order valence-corrected chi connectivity index (χ1v) is 9.02. The molecular weight excluding hydrogens is 322 g/mol. The summed E-state index contributed by atoms with van der Waals surface area (Å²) in [6.07, 6.45) is 7.23. The van der Waals surface area contributed by atoms with Gasteiger partial charge in [-0.3, -0.25) is 4.79 Å². The summed E-state index contributed by atoms with van der Waals surface area (Å²) in [4.78, 5) is 18.0. The highest BCUT2D eigenvalue weighted by atomic mass is 16.2. The zero-order valence-corrected chi connectivity index (χ0v) is 14.9. The fourth-order valence-corrected chi connectivity index (χ4v) is 3.03. The molecule has 3 rings (SSSR count). The number of amides is 1. The monoisotopic (exact) mass is 347 g/mol. The molecule has 0 saturated heterocycles. The molecule has 26 heavy (non-hydrogen) atoms. The van der Waals surface area contributed by atoms with Gasteiger partial charge in [-0.05, 0) is 30.2 Å². The summed E-state index contributed by atoms with van der Waals surface area (Å²) in [7, 11) is 0. The van der Waals surface area contributed by atoms with Crippen LogP contribution in [0.4, 0.5) is 0 Å². The van der Waals surface area contributed by atoms with Gasteiger partial charge in [0.25, 0.3) is 0 Å². The maximum absolute atomic E-state index is 12.8. The van der Waals surface area contributed by atoms with Gasteiger partial charge < -0.3 is 15.6 Å². The first-order chi connectivity index (χ1) is 12.8. The third-order valence-electron chi connectivity index (χ3n) is 4.44. The van der Waals surface area contributed by atoms with Crippen LogP contribution in [-0.4, -0.2) is 35.4 Å². The van der Waals surface area contributed by atoms with Crippen molar-refractivity contribution >= 4 is 22.9 Å². The van der Waals surface area contributed by atoms with Crippen LogP contribution in [0.25, 0.3) is 17.0 Å². The molecule has 0 fully saturated rings. The van der Waals surface area contributed by atoms with Gasteiger partial charge in [-0.2, -0.15) is 0 Å². The van der Waals surface area contributed by atoms with E-state index in [-0.39, 0.29) is 5.91 Å². The fourth-order valence-electron chi connectivity index (χ4n) is 3.03. The van der Waals surface area contributed by atoms with Crippen molar-refractivity contribution in [2.45, 2.75) is 12.8 Å². The molecule has 2 aromatic carbocycles. The Balaban J connectivity index is 1.68. The van der Waals surface area contributed by atoms with Gasteiger partial charge in [0, 0.05) is 30.2 Å². The minimum Gasteiger partial charge on any atom is -0.361 e. The first kappa shape index (κ1) is 18.0. The molecule has 4 heteroatoms. The number of benzene rings is 2. The summed E-state index contributed by atoms with van der Waals surface area (Å²) < 4.78 is 0. The highest BCUT2D eigenvalue weighted by molar-refractivity contribution is 5.89. The lowest BCUT2D eigenvalue weighted by Gasteiger charge is -2.21. The van der Waals surface area contributed by atoms with E-state index in [0.29, 0.717) is 26.1 Å². The smallest absolute Gasteiger partial charge is 0.227 e. The average molecular weight is 347 g/mol. The fraction of sp³-hybridized carbons (Fsp3) is 0.227. The lowest BCUT2D eigenvalue weighted by Crippen LogP contribution is -2.34. The number of hydrogen-bond acceptors (Lipinski definition) is 2. The van der Waals surface area contributed by atoms with E-state index in [2.05, 4.69) is 23.2 Å². The number of para-hydroxylation sites is 1. The third kappa shape index (κ3) is 4.61. The van der Waals surface area contributed by atoms with Gasteiger partial charge in [0.1, 0.15) is 0 Å². The molecule has 0 aliphatic heterocycles. The van der Waals surface area contributed by atoms with Crippen molar-refractivity contribution < 1.29 is 4.79 Å². The molecule has 134 valence electrons. The Hall–Kier alpha value is -2.85. The average Bonchev–Trinajstić information content (AvgIpc) is 3.08. The molecule has 1 amide bonds. The predicted octanol–water partition coefficient (Wildman–Crippen LogP) is 3.60. The number of carbonyl (C=O) groups is 1. The number of H-pyrrole nitrogens is 1. The number of fused-ring (bicyclic) bond motifs is 1. The highest BCUT2D eigenvalue weighted by Gasteiger charge is 2.14. The molecular formula is C22H25N3O. The second kappa shape index (κ2) is 9.02. The Labute approximate surface area is 154 Å². The summed E-state index contributed by atoms with van der Waals surface area (Å²) in [6, 6.07) is 18.2. The molecule has 0 aliphatic rings. The maximum atomic E-state index is 12.8. The zero-order valence-electron chi connectivity index (χ0n) is 14.9. The quantitative estimate of drug-likeness (QED) is 0.654. The molecule has 0 radical (unpaired) electrons. The van der Waals surface area contributed by atoms with Crippen LogP contribution in [0.2, 0.25) is 0 Å². The van der Waals surface area contributed by atoms with Gasteiger partial charge >= 0.3 is 0 Å². The lowest BCUT2D eigenvalue weighted by molar-refractivity contribution is -0.130. The minimum atomic E-state index is 0.126. The van der Waals surface area contributed by atoms with Crippen LogP contribution in [0.15, 0.2) is 66.9 Å². The van der Waals surface area contributed by atoms with Crippen molar-refractivity contribution in [1.82, 2.24) is 9.88 Å². The molecule has 0 saturated carbocycles. The SMILES string of the molecule is NCCCN(CC=Cc1ccccc1)C(=O)Cc1c[nH]c2ccccc12. The number of aromatic nitrogens is 1. The van der Waals surface area contributed by atoms with E-state index in [1.807, 2.05) is 59.6 Å². The van der Waals surface area contributed by atoms with E-state index in [1.54, 1.807) is 0 Å². The van der Waals surface area contributed by atoms with Crippen LogP contribution >= 0.6 is 0 Å². The van der Waals surface area contributed by atoms with Gasteiger partial charge in [-0.15, -0.1) is 0 Å². The zero-order chi connectivity index (χ0) is 18.2. The summed E-state index contributed by atoms with van der Waals surface area (Å²) >= 11 is 0. The minimum absolute atomic E-state index is 0.126. The topological polar surface area (TPSA) is 62.1 Å². The maximum Gasteiger partial charge on any atom is 0.227 e. The van der Waals surface area contributed by atoms with E-state index in [4.69, 9.17) is 5.73 Å². The first-order valence-electron chi connectivity index (χ1n) is 9.02. The van der Waals surface area contributed by atoms with Crippen molar-refractivity contribution in [1.29, 1.82) is 0 Å². The largest absolute Gasteiger partial charge is 0.361 e. The summed E-state index contributed by atoms with van der Waals surface area (Å²) in [5.41, 5.74) is 8.88. The van der Waals surface area contributed by atoms with Crippen molar-refractivity contribution in [2.75, 3.05) is 19.6 Å². The number of carbonyl (C=O) groups excluding carboxylic acids is 1. The molecule has 1 heterocycles. The Bertz CT molecular complexity index is 867. The van der Waals surface area contributed by atoms with E-state index in [1.165, 1.54) is 0 Å². The lowest BCUT2D eigenvalue weighted by atomic mass is 10.1. The number of hydrogen-bond donors (Lipinski definition) is 2. The van der Waals surface area contributed by atoms with Crippen molar-refractivity contribution in [2.24, 2.45) is 5.73 Å². The van der Waals surface area contributed by atoms with Crippen LogP contribution in [0, 0.1) is 0 Å². The number of nitrogens with zero attached hydrogens (tertiary/aromatic N) is 1. The molecule has 3 aromatic rings. The second-order valence-electron chi connectivity index (χ2n) is 6.33. The van der Waals surface area contributed by atoms with Crippen LogP contribution in [0.3, 0.4) is 0 Å². The van der Waals surface area contributed by atoms with Crippen molar-refractivity contribution in [3.63, 3.8) is 0 Å². The molecule has 0 unspecified atom stereocenters.